The highest BCUT2D eigenvalue weighted by molar-refractivity contribution is 5.98. The summed E-state index contributed by atoms with van der Waals surface area (Å²) in [4.78, 5) is 63.0. The topological polar surface area (TPSA) is 118 Å². The number of fused-ring (bicyclic) bond motifs is 3. The summed E-state index contributed by atoms with van der Waals surface area (Å²) in [6.07, 6.45) is -1.03. The number of ether oxygens (including phenoxy) is 1. The Morgan fingerprint density at radius 3 is 2.28 bits per heavy atom. The Balaban J connectivity index is 1.49. The Kier molecular flexibility index (Phi) is 12.7. The average Bonchev–Trinajstić information content (AvgIpc) is 3.52. The molecule has 2 unspecified atom stereocenters. The van der Waals surface area contributed by atoms with Gasteiger partial charge in [-0.25, -0.2) is 4.39 Å². The van der Waals surface area contributed by atoms with Crippen molar-refractivity contribution < 1.29 is 41.5 Å². The number of para-hydroxylation sites is 1. The fourth-order valence-electron chi connectivity index (χ4n) is 7.40. The van der Waals surface area contributed by atoms with E-state index < -0.39 is 52.6 Å². The molecule has 0 saturated heterocycles. The number of aromatic nitrogens is 2. The van der Waals surface area contributed by atoms with E-state index in [4.69, 9.17) is 4.74 Å². The average molecular weight is 750 g/mol. The third kappa shape index (κ3) is 9.07. The number of carbonyl (C=O) groups is 4. The molecule has 1 amide bonds. The van der Waals surface area contributed by atoms with Gasteiger partial charge in [0.05, 0.1) is 17.0 Å². The number of nitrogens with one attached hydrogen (secondary N) is 2. The number of rotatable bonds is 16. The van der Waals surface area contributed by atoms with Gasteiger partial charge in [0, 0.05) is 55.1 Å². The lowest BCUT2D eigenvalue weighted by Crippen LogP contribution is -2.60. The molecule has 1 aliphatic carbocycles. The van der Waals surface area contributed by atoms with Crippen LogP contribution in [0.2, 0.25) is 0 Å². The summed E-state index contributed by atoms with van der Waals surface area (Å²) >= 11 is 0. The van der Waals surface area contributed by atoms with Crippen molar-refractivity contribution in [1.29, 1.82) is 0 Å². The molecule has 1 aliphatic rings. The molecular weight excluding hydrogens is 702 g/mol. The van der Waals surface area contributed by atoms with Crippen molar-refractivity contribution in [3.8, 4) is 0 Å². The molecule has 54 heavy (non-hydrogen) atoms. The predicted octanol–water partition coefficient (Wildman–Crippen LogP) is 8.29. The van der Waals surface area contributed by atoms with Crippen molar-refractivity contribution in [2.75, 3.05) is 0 Å². The molecule has 0 aliphatic heterocycles. The Morgan fingerprint density at radius 2 is 1.61 bits per heavy atom. The van der Waals surface area contributed by atoms with Crippen molar-refractivity contribution in [3.63, 3.8) is 0 Å². The van der Waals surface area contributed by atoms with Crippen LogP contribution in [0.15, 0.2) is 67.0 Å². The number of pyridine rings is 1. The summed E-state index contributed by atoms with van der Waals surface area (Å²) < 4.78 is 62.3. The Hall–Kier alpha value is -4.87. The van der Waals surface area contributed by atoms with Gasteiger partial charge < -0.3 is 15.0 Å². The maximum Gasteiger partial charge on any atom is 0.418 e. The van der Waals surface area contributed by atoms with Crippen LogP contribution in [0.1, 0.15) is 87.7 Å². The number of benzene rings is 2. The second-order valence-corrected chi connectivity index (χ2v) is 14.6. The van der Waals surface area contributed by atoms with Gasteiger partial charge in [0.25, 0.3) is 0 Å². The highest BCUT2D eigenvalue weighted by atomic mass is 19.4. The summed E-state index contributed by atoms with van der Waals surface area (Å²) in [5, 5.41) is 3.31. The van der Waals surface area contributed by atoms with E-state index in [2.05, 4.69) is 15.3 Å². The van der Waals surface area contributed by atoms with Gasteiger partial charge in [-0.05, 0) is 65.6 Å². The molecule has 5 rings (SSSR count). The molecule has 0 bridgehead atoms. The standard InChI is InChI=1S/C42H47F4N3O5/c1-5-25(3)31(21-29(50)20-28-10-7-8-13-35(28)43)39(52)49-41(17-14-36-33(23-41)30-11-9-12-34(38(30)48-36)42(44,45)46)37(51)22-32(26(4)6-2)40(53)54-24-27-15-18-47-19-16-27/h7-13,15-16,18-19,25-26,31-32,48H,5-6,14,17,20-24H2,1-4H3,(H,49,52)/t25?,26?,31-,32+,41+/m0/s1. The summed E-state index contributed by atoms with van der Waals surface area (Å²) in [5.74, 6) is -4.80. The predicted molar refractivity (Wildman–Crippen MR) is 195 cm³/mol. The van der Waals surface area contributed by atoms with Crippen molar-refractivity contribution in [2.24, 2.45) is 23.7 Å². The highest BCUT2D eigenvalue weighted by Gasteiger charge is 2.47. The first-order valence-corrected chi connectivity index (χ1v) is 18.5. The van der Waals surface area contributed by atoms with E-state index >= 15 is 0 Å². The van der Waals surface area contributed by atoms with E-state index in [9.17, 15) is 36.7 Å². The quantitative estimate of drug-likeness (QED) is 0.0880. The zero-order valence-corrected chi connectivity index (χ0v) is 31.0. The number of Topliss-reactive ketones (excluding diaryl/α,β-unsaturated/α-hetero) is 2. The van der Waals surface area contributed by atoms with E-state index in [1.165, 1.54) is 24.3 Å². The summed E-state index contributed by atoms with van der Waals surface area (Å²) in [5.41, 5.74) is -0.603. The molecule has 0 spiro atoms. The number of amides is 1. The summed E-state index contributed by atoms with van der Waals surface area (Å²) in [7, 11) is 0. The second-order valence-electron chi connectivity index (χ2n) is 14.6. The minimum atomic E-state index is -4.63. The van der Waals surface area contributed by atoms with E-state index in [1.54, 1.807) is 36.7 Å². The Labute approximate surface area is 312 Å². The first-order chi connectivity index (χ1) is 25.7. The van der Waals surface area contributed by atoms with Crippen LogP contribution in [0.25, 0.3) is 10.9 Å². The van der Waals surface area contributed by atoms with Crippen LogP contribution in [0.5, 0.6) is 0 Å². The van der Waals surface area contributed by atoms with E-state index in [0.717, 1.165) is 6.07 Å². The fraction of sp³-hybridized carbons (Fsp3) is 0.452. The van der Waals surface area contributed by atoms with Gasteiger partial charge >= 0.3 is 12.1 Å². The van der Waals surface area contributed by atoms with Crippen LogP contribution >= 0.6 is 0 Å². The number of nitrogens with zero attached hydrogens (tertiary/aromatic N) is 1. The van der Waals surface area contributed by atoms with Crippen molar-refractivity contribution in [2.45, 2.75) is 97.4 Å². The van der Waals surface area contributed by atoms with Crippen LogP contribution in [0.3, 0.4) is 0 Å². The lowest BCUT2D eigenvalue weighted by Gasteiger charge is -2.39. The largest absolute Gasteiger partial charge is 0.461 e. The number of carbonyl (C=O) groups excluding carboxylic acids is 4. The SMILES string of the molecule is CCC(C)[C@H](CC(=O)Cc1ccccc1F)C(=O)N[C@]1(C(=O)C[C@@H](C(=O)OCc2ccncc2)C(C)CC)CCc2[nH]c3c(C(F)(F)F)cccc3c2C1. The third-order valence-electron chi connectivity index (χ3n) is 11.1. The summed E-state index contributed by atoms with van der Waals surface area (Å²) in [6.45, 7) is 7.40. The molecule has 2 N–H and O–H groups in total. The highest BCUT2D eigenvalue weighted by Crippen LogP contribution is 2.41. The van der Waals surface area contributed by atoms with Crippen LogP contribution in [0, 0.1) is 29.5 Å². The zero-order valence-electron chi connectivity index (χ0n) is 31.0. The number of aromatic amines is 1. The molecule has 2 aromatic heterocycles. The molecule has 4 aromatic rings. The lowest BCUT2D eigenvalue weighted by atomic mass is 9.72. The number of aryl methyl sites for hydroxylation is 1. The Bertz CT molecular complexity index is 1980. The number of hydrogen-bond acceptors (Lipinski definition) is 6. The molecule has 12 heteroatoms. The van der Waals surface area contributed by atoms with Crippen LogP contribution in [-0.2, 0) is 56.0 Å². The van der Waals surface area contributed by atoms with E-state index in [0.29, 0.717) is 35.0 Å². The van der Waals surface area contributed by atoms with E-state index in [1.807, 2.05) is 27.7 Å². The van der Waals surface area contributed by atoms with Gasteiger partial charge in [0.1, 0.15) is 23.7 Å². The van der Waals surface area contributed by atoms with Crippen molar-refractivity contribution in [1.82, 2.24) is 15.3 Å². The number of H-pyrrole nitrogens is 1. The van der Waals surface area contributed by atoms with Gasteiger partial charge in [0.15, 0.2) is 5.78 Å². The smallest absolute Gasteiger partial charge is 0.418 e. The molecule has 288 valence electrons. The Morgan fingerprint density at radius 1 is 0.926 bits per heavy atom. The number of hydrogen-bond donors (Lipinski definition) is 2. The molecule has 0 fully saturated rings. The number of alkyl halides is 3. The first kappa shape index (κ1) is 40.3. The van der Waals surface area contributed by atoms with Crippen LogP contribution in [-0.4, -0.2) is 38.9 Å². The molecule has 2 heterocycles. The molecule has 0 saturated carbocycles. The monoisotopic (exact) mass is 749 g/mol. The van der Waals surface area contributed by atoms with Gasteiger partial charge in [-0.3, -0.25) is 24.2 Å². The van der Waals surface area contributed by atoms with Crippen molar-refractivity contribution >= 4 is 34.3 Å². The van der Waals surface area contributed by atoms with Gasteiger partial charge in [-0.15, -0.1) is 0 Å². The zero-order chi connectivity index (χ0) is 39.2. The minimum Gasteiger partial charge on any atom is -0.461 e. The van der Waals surface area contributed by atoms with Gasteiger partial charge in [-0.2, -0.15) is 13.2 Å². The van der Waals surface area contributed by atoms with E-state index in [-0.39, 0.29) is 73.8 Å². The molecule has 8 nitrogen and oxygen atoms in total. The molecule has 5 atom stereocenters. The molecule has 0 radical (unpaired) electrons. The maximum absolute atomic E-state index is 14.8. The van der Waals surface area contributed by atoms with Crippen LogP contribution in [0.4, 0.5) is 17.6 Å². The van der Waals surface area contributed by atoms with Crippen molar-refractivity contribution in [3.05, 3.63) is 101 Å². The molecule has 2 aromatic carbocycles. The second kappa shape index (κ2) is 17.1. The fourth-order valence-corrected chi connectivity index (χ4v) is 7.40. The third-order valence-corrected chi connectivity index (χ3v) is 11.1. The first-order valence-electron chi connectivity index (χ1n) is 18.5. The van der Waals surface area contributed by atoms with Gasteiger partial charge in [-0.1, -0.05) is 70.9 Å². The maximum atomic E-state index is 14.8. The van der Waals surface area contributed by atoms with Gasteiger partial charge in [0.2, 0.25) is 5.91 Å². The normalized spacial score (nSPS) is 17.9. The number of halogens is 4. The number of esters is 1. The summed E-state index contributed by atoms with van der Waals surface area (Å²) in [6, 6.07) is 13.2. The minimum absolute atomic E-state index is 0.0257. The van der Waals surface area contributed by atoms with Crippen LogP contribution < -0.4 is 5.32 Å². The molecular formula is C42H47F4N3O5. The lowest BCUT2D eigenvalue weighted by molar-refractivity contribution is -0.154. The number of ketones is 2.